The van der Waals surface area contributed by atoms with Gasteiger partial charge in [0.2, 0.25) is 6.79 Å². The van der Waals surface area contributed by atoms with Gasteiger partial charge >= 0.3 is 0 Å². The Morgan fingerprint density at radius 3 is 2.23 bits per heavy atom. The number of hydrogen-bond acceptors (Lipinski definition) is 8. The van der Waals surface area contributed by atoms with Crippen molar-refractivity contribution in [2.45, 2.75) is 13.0 Å². The molecule has 182 valence electrons. The zero-order valence-corrected chi connectivity index (χ0v) is 20.5. The molecular weight excluding hydrogens is 468 g/mol. The fourth-order valence-electron chi connectivity index (χ4n) is 5.23. The van der Waals surface area contributed by atoms with Crippen molar-refractivity contribution in [3.63, 3.8) is 0 Å². The van der Waals surface area contributed by atoms with Crippen LogP contribution in [0, 0.1) is 0 Å². The number of ether oxygens (including phenoxy) is 4. The number of ketones is 1. The number of carbonyl (C=O) groups is 1. The number of methoxy groups -OCH3 is 2. The molecule has 8 nitrogen and oxygen atoms in total. The van der Waals surface area contributed by atoms with Crippen molar-refractivity contribution in [2.24, 2.45) is 0 Å². The van der Waals surface area contributed by atoms with Crippen LogP contribution in [0.1, 0.15) is 22.3 Å². The lowest BCUT2D eigenvalue weighted by Crippen LogP contribution is -2.34. The van der Waals surface area contributed by atoms with E-state index in [0.29, 0.717) is 62.7 Å². The van der Waals surface area contributed by atoms with Crippen LogP contribution in [0.25, 0.3) is 22.0 Å². The number of rotatable bonds is 6. The molecule has 0 N–H and O–H groups in total. The molecule has 2 aromatic carbocycles. The Labute approximate surface area is 206 Å². The van der Waals surface area contributed by atoms with E-state index in [2.05, 4.69) is 4.90 Å². The summed E-state index contributed by atoms with van der Waals surface area (Å²) in [6.07, 6.45) is 0.809. The smallest absolute Gasteiger partial charge is 0.259 e. The van der Waals surface area contributed by atoms with E-state index in [1.54, 1.807) is 29.9 Å². The van der Waals surface area contributed by atoms with E-state index in [-0.39, 0.29) is 18.1 Å². The second-order valence-corrected chi connectivity index (χ2v) is 10.0. The van der Waals surface area contributed by atoms with E-state index >= 15 is 0 Å². The van der Waals surface area contributed by atoms with Crippen molar-refractivity contribution in [2.75, 3.05) is 52.2 Å². The summed E-state index contributed by atoms with van der Waals surface area (Å²) in [4.78, 5) is 30.1. The van der Waals surface area contributed by atoms with Crippen LogP contribution in [-0.4, -0.2) is 67.4 Å². The fraction of sp³-hybridized carbons (Fsp3) is 0.385. The highest BCUT2D eigenvalue weighted by Crippen LogP contribution is 2.46. The molecule has 2 aliphatic heterocycles. The minimum absolute atomic E-state index is 0.120. The fourth-order valence-corrected chi connectivity index (χ4v) is 6.21. The lowest BCUT2D eigenvalue weighted by Gasteiger charge is -2.26. The van der Waals surface area contributed by atoms with Gasteiger partial charge in [0.05, 0.1) is 30.9 Å². The number of carbonyl (C=O) groups excluding carboxylic acids is 1. The predicted octanol–water partition coefficient (Wildman–Crippen LogP) is 3.40. The van der Waals surface area contributed by atoms with E-state index in [1.165, 1.54) is 7.11 Å². The van der Waals surface area contributed by atoms with Gasteiger partial charge < -0.3 is 28.4 Å². The molecule has 1 saturated heterocycles. The first-order valence-corrected chi connectivity index (χ1v) is 12.9. The largest absolute Gasteiger partial charge is 0.493 e. The number of fused-ring (bicyclic) bond motifs is 6. The molecule has 1 aliphatic carbocycles. The van der Waals surface area contributed by atoms with Gasteiger partial charge in [-0.1, -0.05) is 0 Å². The number of pyridine rings is 1. The van der Waals surface area contributed by atoms with Gasteiger partial charge in [0.1, 0.15) is 0 Å². The van der Waals surface area contributed by atoms with Crippen LogP contribution in [0.2, 0.25) is 0 Å². The molecule has 0 unspecified atom stereocenters. The third-order valence-electron chi connectivity index (χ3n) is 6.97. The van der Waals surface area contributed by atoms with Gasteiger partial charge in [0.15, 0.2) is 28.8 Å². The Morgan fingerprint density at radius 2 is 1.54 bits per heavy atom. The molecule has 35 heavy (non-hydrogen) atoms. The van der Waals surface area contributed by atoms with Gasteiger partial charge in [0.25, 0.3) is 5.56 Å². The number of thioether (sulfide) groups is 1. The molecule has 3 aromatic rings. The van der Waals surface area contributed by atoms with Gasteiger partial charge in [-0.05, 0) is 37.2 Å². The average Bonchev–Trinajstić information content (AvgIpc) is 3.46. The van der Waals surface area contributed by atoms with Crippen molar-refractivity contribution >= 4 is 28.3 Å². The van der Waals surface area contributed by atoms with E-state index in [0.717, 1.165) is 37.6 Å². The molecule has 0 atom stereocenters. The normalized spacial score (nSPS) is 16.5. The minimum atomic E-state index is -0.146. The topological polar surface area (TPSA) is 79.2 Å². The van der Waals surface area contributed by atoms with Crippen LogP contribution in [0.3, 0.4) is 0 Å². The molecule has 1 aromatic heterocycles. The van der Waals surface area contributed by atoms with Gasteiger partial charge in [-0.3, -0.25) is 9.59 Å². The van der Waals surface area contributed by atoms with Crippen LogP contribution in [-0.2, 0) is 6.54 Å². The van der Waals surface area contributed by atoms with Crippen LogP contribution in [0.4, 0.5) is 0 Å². The van der Waals surface area contributed by atoms with Gasteiger partial charge in [-0.25, -0.2) is 0 Å². The Kier molecular flexibility index (Phi) is 5.61. The average molecular weight is 495 g/mol. The highest BCUT2D eigenvalue weighted by Gasteiger charge is 2.35. The van der Waals surface area contributed by atoms with Crippen molar-refractivity contribution in [1.82, 2.24) is 9.47 Å². The third kappa shape index (κ3) is 3.56. The Bertz CT molecular complexity index is 1410. The van der Waals surface area contributed by atoms with Gasteiger partial charge in [-0.2, -0.15) is 11.8 Å². The molecule has 3 aliphatic rings. The zero-order chi connectivity index (χ0) is 24.1. The molecule has 1 fully saturated rings. The van der Waals surface area contributed by atoms with Crippen LogP contribution in [0.15, 0.2) is 29.1 Å². The molecule has 3 heterocycles. The number of aromatic nitrogens is 1. The minimum Gasteiger partial charge on any atom is -0.493 e. The van der Waals surface area contributed by atoms with Gasteiger partial charge in [-0.15, -0.1) is 0 Å². The lowest BCUT2D eigenvalue weighted by atomic mass is 10.0. The summed E-state index contributed by atoms with van der Waals surface area (Å²) in [7, 11) is 3.08. The summed E-state index contributed by atoms with van der Waals surface area (Å²) in [6, 6.07) is 6.96. The van der Waals surface area contributed by atoms with E-state index in [1.807, 2.05) is 17.8 Å². The summed E-state index contributed by atoms with van der Waals surface area (Å²) in [5.41, 5.74) is 2.23. The second kappa shape index (κ2) is 8.80. The lowest BCUT2D eigenvalue weighted by molar-refractivity contribution is 0.104. The zero-order valence-electron chi connectivity index (χ0n) is 19.7. The number of benzene rings is 2. The van der Waals surface area contributed by atoms with E-state index in [4.69, 9.17) is 18.9 Å². The van der Waals surface area contributed by atoms with Crippen molar-refractivity contribution < 1.29 is 23.7 Å². The molecular formula is C26H26N2O6S. The van der Waals surface area contributed by atoms with Crippen molar-refractivity contribution in [1.29, 1.82) is 0 Å². The van der Waals surface area contributed by atoms with Gasteiger partial charge in [0, 0.05) is 47.7 Å². The highest BCUT2D eigenvalue weighted by molar-refractivity contribution is 7.99. The van der Waals surface area contributed by atoms with Crippen molar-refractivity contribution in [3.05, 3.63) is 45.7 Å². The number of nitrogens with zero attached hydrogens (tertiary/aromatic N) is 2. The number of hydrogen-bond donors (Lipinski definition) is 0. The first-order chi connectivity index (χ1) is 17.1. The quantitative estimate of drug-likeness (QED) is 0.404. The molecule has 0 saturated carbocycles. The Hall–Kier alpha value is -3.17. The summed E-state index contributed by atoms with van der Waals surface area (Å²) >= 11 is 1.98. The summed E-state index contributed by atoms with van der Waals surface area (Å²) < 4.78 is 23.8. The van der Waals surface area contributed by atoms with E-state index < -0.39 is 0 Å². The van der Waals surface area contributed by atoms with Crippen LogP contribution in [0.5, 0.6) is 23.0 Å². The summed E-state index contributed by atoms with van der Waals surface area (Å²) in [6.45, 7) is 3.67. The monoisotopic (exact) mass is 494 g/mol. The Morgan fingerprint density at radius 1 is 0.886 bits per heavy atom. The summed E-state index contributed by atoms with van der Waals surface area (Å²) in [5, 5.41) is 1.01. The molecule has 0 spiro atoms. The molecule has 0 bridgehead atoms. The first-order valence-electron chi connectivity index (χ1n) is 11.7. The molecule has 6 rings (SSSR count). The second-order valence-electron chi connectivity index (χ2n) is 8.82. The van der Waals surface area contributed by atoms with E-state index in [9.17, 15) is 9.59 Å². The van der Waals surface area contributed by atoms with Crippen LogP contribution >= 0.6 is 11.8 Å². The maximum Gasteiger partial charge on any atom is 0.259 e. The highest BCUT2D eigenvalue weighted by atomic mass is 32.2. The standard InChI is InChI=1S/C26H26N2O6S/c1-31-19-10-15-18(13-20(19)32-2)26(30)28(5-3-4-27-6-8-35-9-7-27)24-16-11-21-22(34-14-33-21)12-17(16)25(29)23(15)24/h10-13H,3-9,14H2,1-2H3. The first kappa shape index (κ1) is 22.3. The maximum atomic E-state index is 13.9. The molecule has 0 amide bonds. The van der Waals surface area contributed by atoms with Crippen LogP contribution < -0.4 is 24.5 Å². The third-order valence-corrected chi connectivity index (χ3v) is 7.92. The predicted molar refractivity (Wildman–Crippen MR) is 135 cm³/mol. The maximum absolute atomic E-state index is 13.9. The Balaban J connectivity index is 1.53. The molecule has 0 radical (unpaired) electrons. The summed E-state index contributed by atoms with van der Waals surface area (Å²) in [5.74, 6) is 4.21. The SMILES string of the molecule is COc1cc2c3c(n(CCCN4CCSCC4)c(=O)c2cc1OC)-c1cc2c(cc1C3=O)OCO2. The van der Waals surface area contributed by atoms with Crippen molar-refractivity contribution in [3.8, 4) is 34.3 Å². The molecule has 9 heteroatoms.